The number of ether oxygens (including phenoxy) is 1. The molecule has 1 aromatic carbocycles. The van der Waals surface area contributed by atoms with Crippen LogP contribution in [-0.4, -0.2) is 42.9 Å². The van der Waals surface area contributed by atoms with Crippen molar-refractivity contribution in [2.45, 2.75) is 32.5 Å². The van der Waals surface area contributed by atoms with Crippen molar-refractivity contribution in [3.05, 3.63) is 35.9 Å². The summed E-state index contributed by atoms with van der Waals surface area (Å²) >= 11 is 0. The van der Waals surface area contributed by atoms with Gasteiger partial charge in [0, 0.05) is 32.2 Å². The molecule has 1 aliphatic rings. The summed E-state index contributed by atoms with van der Waals surface area (Å²) in [6, 6.07) is 9.92. The summed E-state index contributed by atoms with van der Waals surface area (Å²) in [5.41, 5.74) is 0.833. The van der Waals surface area contributed by atoms with Gasteiger partial charge in [-0.15, -0.1) is 0 Å². The van der Waals surface area contributed by atoms with Crippen molar-refractivity contribution < 1.29 is 9.84 Å². The fraction of sp³-hybridized carbons (Fsp3) is 0.625. The zero-order chi connectivity index (χ0) is 13.9. The average Bonchev–Trinajstić information content (AvgIpc) is 2.85. The molecule has 0 amide bonds. The summed E-state index contributed by atoms with van der Waals surface area (Å²) in [6.07, 6.45) is 1.01. The number of aliphatic hydroxyl groups is 1. The highest BCUT2D eigenvalue weighted by Gasteiger charge is 2.33. The maximum atomic E-state index is 10.6. The molecule has 1 aliphatic heterocycles. The van der Waals surface area contributed by atoms with E-state index in [-0.39, 0.29) is 5.41 Å². The summed E-state index contributed by atoms with van der Waals surface area (Å²) in [5, 5.41) is 10.6. The second-order valence-electron chi connectivity index (χ2n) is 6.18. The van der Waals surface area contributed by atoms with Crippen molar-refractivity contribution in [3.8, 4) is 0 Å². The number of methoxy groups -OCH3 is 1. The van der Waals surface area contributed by atoms with Crippen LogP contribution >= 0.6 is 0 Å². The maximum Gasteiger partial charge on any atom is 0.0853 e. The molecule has 0 aromatic heterocycles. The van der Waals surface area contributed by atoms with E-state index < -0.39 is 6.10 Å². The molecule has 0 spiro atoms. The zero-order valence-electron chi connectivity index (χ0n) is 12.2. The lowest BCUT2D eigenvalue weighted by atomic mass is 9.82. The van der Waals surface area contributed by atoms with Gasteiger partial charge in [0.2, 0.25) is 0 Å². The summed E-state index contributed by atoms with van der Waals surface area (Å²) in [7, 11) is 1.78. The first-order valence-corrected chi connectivity index (χ1v) is 7.01. The van der Waals surface area contributed by atoms with Gasteiger partial charge < -0.3 is 14.7 Å². The van der Waals surface area contributed by atoms with Gasteiger partial charge in [0.25, 0.3) is 0 Å². The van der Waals surface area contributed by atoms with Crippen molar-refractivity contribution in [2.24, 2.45) is 5.41 Å². The molecule has 0 radical (unpaired) electrons. The number of hydrogen-bond acceptors (Lipinski definition) is 3. The van der Waals surface area contributed by atoms with Crippen LogP contribution in [0.5, 0.6) is 0 Å². The van der Waals surface area contributed by atoms with Crippen LogP contribution in [0.15, 0.2) is 30.3 Å². The third-order valence-electron chi connectivity index (χ3n) is 4.05. The highest BCUT2D eigenvalue weighted by Crippen LogP contribution is 2.34. The Labute approximate surface area is 116 Å². The molecule has 1 fully saturated rings. The fourth-order valence-electron chi connectivity index (χ4n) is 2.88. The molecule has 2 atom stereocenters. The van der Waals surface area contributed by atoms with E-state index in [0.717, 1.165) is 31.6 Å². The Kier molecular flexibility index (Phi) is 4.61. The third kappa shape index (κ3) is 3.56. The summed E-state index contributed by atoms with van der Waals surface area (Å²) in [5.74, 6) is 0. The van der Waals surface area contributed by atoms with Gasteiger partial charge in [0.05, 0.1) is 12.2 Å². The Morgan fingerprint density at radius 1 is 1.37 bits per heavy atom. The third-order valence-corrected chi connectivity index (χ3v) is 4.05. The summed E-state index contributed by atoms with van der Waals surface area (Å²) < 4.78 is 5.40. The number of aliphatic hydroxyl groups excluding tert-OH is 1. The quantitative estimate of drug-likeness (QED) is 0.886. The molecule has 106 valence electrons. The van der Waals surface area contributed by atoms with Gasteiger partial charge in [0.15, 0.2) is 0 Å². The average molecular weight is 263 g/mol. The smallest absolute Gasteiger partial charge is 0.0853 e. The summed E-state index contributed by atoms with van der Waals surface area (Å²) in [4.78, 5) is 2.39. The predicted molar refractivity (Wildman–Crippen MR) is 77.0 cm³/mol. The van der Waals surface area contributed by atoms with E-state index in [1.54, 1.807) is 7.11 Å². The molecule has 0 saturated carbocycles. The highest BCUT2D eigenvalue weighted by molar-refractivity contribution is 5.19. The van der Waals surface area contributed by atoms with Crippen LogP contribution in [0.4, 0.5) is 0 Å². The molecule has 19 heavy (non-hydrogen) atoms. The number of nitrogens with zero attached hydrogens (tertiary/aromatic N) is 1. The number of benzene rings is 1. The number of hydrogen-bond donors (Lipinski definition) is 1. The first-order chi connectivity index (χ1) is 9.03. The normalized spacial score (nSPS) is 22.6. The Bertz CT molecular complexity index is 391. The highest BCUT2D eigenvalue weighted by atomic mass is 16.5. The van der Waals surface area contributed by atoms with E-state index in [0.29, 0.717) is 6.10 Å². The van der Waals surface area contributed by atoms with E-state index in [1.165, 1.54) is 0 Å². The van der Waals surface area contributed by atoms with Gasteiger partial charge >= 0.3 is 0 Å². The first kappa shape index (κ1) is 14.5. The van der Waals surface area contributed by atoms with E-state index >= 15 is 0 Å². The molecule has 1 heterocycles. The van der Waals surface area contributed by atoms with Gasteiger partial charge in [-0.25, -0.2) is 0 Å². The lowest BCUT2D eigenvalue weighted by molar-refractivity contribution is 0.0208. The van der Waals surface area contributed by atoms with E-state index in [4.69, 9.17) is 4.74 Å². The minimum atomic E-state index is -0.435. The Morgan fingerprint density at radius 2 is 2.05 bits per heavy atom. The molecule has 2 rings (SSSR count). The van der Waals surface area contributed by atoms with Crippen LogP contribution in [0.2, 0.25) is 0 Å². The van der Waals surface area contributed by atoms with Gasteiger partial charge in [0.1, 0.15) is 0 Å². The molecule has 3 nitrogen and oxygen atoms in total. The number of likely N-dealkylation sites (tertiary alicyclic amines) is 1. The van der Waals surface area contributed by atoms with Gasteiger partial charge in [-0.3, -0.25) is 0 Å². The van der Waals surface area contributed by atoms with Crippen LogP contribution in [0.1, 0.15) is 31.9 Å². The summed E-state index contributed by atoms with van der Waals surface area (Å²) in [6.45, 7) is 7.18. The van der Waals surface area contributed by atoms with Crippen LogP contribution in [0, 0.1) is 5.41 Å². The SMILES string of the molecule is COC1CCN(CC(C)(C)C(O)c2ccccc2)C1. The lowest BCUT2D eigenvalue weighted by Gasteiger charge is -2.34. The largest absolute Gasteiger partial charge is 0.388 e. The van der Waals surface area contributed by atoms with Crippen molar-refractivity contribution in [1.82, 2.24) is 4.90 Å². The second-order valence-corrected chi connectivity index (χ2v) is 6.18. The van der Waals surface area contributed by atoms with E-state index in [9.17, 15) is 5.11 Å². The van der Waals surface area contributed by atoms with Gasteiger partial charge in [-0.05, 0) is 12.0 Å². The molecule has 2 unspecified atom stereocenters. The van der Waals surface area contributed by atoms with Crippen molar-refractivity contribution >= 4 is 0 Å². The molecule has 0 bridgehead atoms. The van der Waals surface area contributed by atoms with Crippen molar-refractivity contribution in [1.29, 1.82) is 0 Å². The van der Waals surface area contributed by atoms with E-state index in [2.05, 4.69) is 18.7 Å². The molecular formula is C16H25NO2. The van der Waals surface area contributed by atoms with Crippen molar-refractivity contribution in [2.75, 3.05) is 26.7 Å². The molecule has 1 saturated heterocycles. The minimum absolute atomic E-state index is 0.163. The molecule has 3 heteroatoms. The fourth-order valence-corrected chi connectivity index (χ4v) is 2.88. The Balaban J connectivity index is 1.98. The molecule has 0 aliphatic carbocycles. The molecule has 1 aromatic rings. The van der Waals surface area contributed by atoms with Crippen LogP contribution in [-0.2, 0) is 4.74 Å². The van der Waals surface area contributed by atoms with E-state index in [1.807, 2.05) is 30.3 Å². The molecule has 1 N–H and O–H groups in total. The molecular weight excluding hydrogens is 238 g/mol. The second kappa shape index (κ2) is 6.04. The monoisotopic (exact) mass is 263 g/mol. The minimum Gasteiger partial charge on any atom is -0.388 e. The van der Waals surface area contributed by atoms with Gasteiger partial charge in [-0.2, -0.15) is 0 Å². The van der Waals surface area contributed by atoms with Crippen molar-refractivity contribution in [3.63, 3.8) is 0 Å². The predicted octanol–water partition coefficient (Wildman–Crippen LogP) is 2.47. The Morgan fingerprint density at radius 3 is 2.63 bits per heavy atom. The zero-order valence-corrected chi connectivity index (χ0v) is 12.2. The first-order valence-electron chi connectivity index (χ1n) is 7.01. The Hall–Kier alpha value is -0.900. The van der Waals surface area contributed by atoms with Crippen LogP contribution in [0.3, 0.4) is 0 Å². The van der Waals surface area contributed by atoms with Crippen LogP contribution in [0.25, 0.3) is 0 Å². The standard InChI is InChI=1S/C16H25NO2/c1-16(2,12-17-10-9-14(11-17)19-3)15(18)13-7-5-4-6-8-13/h4-8,14-15,18H,9-12H2,1-3H3. The number of rotatable bonds is 5. The topological polar surface area (TPSA) is 32.7 Å². The van der Waals surface area contributed by atoms with Crippen LogP contribution < -0.4 is 0 Å². The van der Waals surface area contributed by atoms with Gasteiger partial charge in [-0.1, -0.05) is 44.2 Å². The maximum absolute atomic E-state index is 10.6. The lowest BCUT2D eigenvalue weighted by Crippen LogP contribution is -2.37.